The van der Waals surface area contributed by atoms with Gasteiger partial charge in [0.1, 0.15) is 0 Å². The zero-order chi connectivity index (χ0) is 13.2. The third-order valence-corrected chi connectivity index (χ3v) is 4.18. The molecule has 2 N–H and O–H groups in total. The molecule has 102 valence electrons. The first-order valence-electron chi connectivity index (χ1n) is 6.83. The maximum Gasteiger partial charge on any atom is 0.0498 e. The van der Waals surface area contributed by atoms with E-state index in [1.807, 2.05) is 12.1 Å². The van der Waals surface area contributed by atoms with E-state index in [9.17, 15) is 0 Å². The highest BCUT2D eigenvalue weighted by molar-refractivity contribution is 6.31. The van der Waals surface area contributed by atoms with Crippen LogP contribution in [-0.4, -0.2) is 17.8 Å². The predicted octanol–water partition coefficient (Wildman–Crippen LogP) is 3.18. The molecule has 3 nitrogen and oxygen atoms in total. The Morgan fingerprint density at radius 3 is 2.84 bits per heavy atom. The highest BCUT2D eigenvalue weighted by atomic mass is 35.5. The zero-order valence-corrected chi connectivity index (χ0v) is 11.7. The van der Waals surface area contributed by atoms with Gasteiger partial charge in [-0.1, -0.05) is 17.7 Å². The number of nitrogens with zero attached hydrogens (tertiary/aromatic N) is 1. The molecule has 1 aromatic heterocycles. The number of aromatic nitrogens is 1. The molecule has 1 fully saturated rings. The van der Waals surface area contributed by atoms with Gasteiger partial charge in [-0.25, -0.2) is 0 Å². The van der Waals surface area contributed by atoms with Gasteiger partial charge in [-0.05, 0) is 36.5 Å². The number of hydrogen-bond donors (Lipinski definition) is 1. The first kappa shape index (κ1) is 13.0. The fraction of sp³-hybridized carbons (Fsp3) is 0.467. The lowest BCUT2D eigenvalue weighted by molar-refractivity contribution is 0.0616. The third-order valence-electron chi connectivity index (χ3n) is 3.94. The van der Waals surface area contributed by atoms with E-state index in [0.29, 0.717) is 12.5 Å². The Morgan fingerprint density at radius 2 is 2.11 bits per heavy atom. The smallest absolute Gasteiger partial charge is 0.0498 e. The van der Waals surface area contributed by atoms with Crippen LogP contribution in [0.4, 0.5) is 0 Å². The Morgan fingerprint density at radius 1 is 1.32 bits per heavy atom. The second-order valence-electron chi connectivity index (χ2n) is 5.23. The Bertz CT molecular complexity index is 573. The zero-order valence-electron chi connectivity index (χ0n) is 10.9. The van der Waals surface area contributed by atoms with Gasteiger partial charge in [0, 0.05) is 48.4 Å². The minimum atomic E-state index is 0.568. The largest absolute Gasteiger partial charge is 0.381 e. The van der Waals surface area contributed by atoms with Gasteiger partial charge in [-0.15, -0.1) is 0 Å². The Kier molecular flexibility index (Phi) is 3.78. The fourth-order valence-electron chi connectivity index (χ4n) is 2.86. The number of halogens is 1. The molecule has 2 aromatic rings. The predicted molar refractivity (Wildman–Crippen MR) is 78.4 cm³/mol. The summed E-state index contributed by atoms with van der Waals surface area (Å²) in [7, 11) is 0. The van der Waals surface area contributed by atoms with Gasteiger partial charge in [0.15, 0.2) is 0 Å². The van der Waals surface area contributed by atoms with E-state index < -0.39 is 0 Å². The molecule has 0 radical (unpaired) electrons. The van der Waals surface area contributed by atoms with Crippen LogP contribution in [0.5, 0.6) is 0 Å². The number of fused-ring (bicyclic) bond motifs is 1. The van der Waals surface area contributed by atoms with Crippen LogP contribution < -0.4 is 5.73 Å². The standard InChI is InChI=1S/C15H19ClN2O/c16-13-1-2-14-12(8-17)10-18(15(14)7-13)9-11-3-5-19-6-4-11/h1-2,7,10-11H,3-6,8-9,17H2. The molecular weight excluding hydrogens is 260 g/mol. The van der Waals surface area contributed by atoms with Crippen molar-refractivity contribution in [2.75, 3.05) is 13.2 Å². The van der Waals surface area contributed by atoms with Crippen molar-refractivity contribution >= 4 is 22.5 Å². The molecule has 2 heterocycles. The van der Waals surface area contributed by atoms with Crippen molar-refractivity contribution in [1.29, 1.82) is 0 Å². The average molecular weight is 279 g/mol. The quantitative estimate of drug-likeness (QED) is 0.937. The molecule has 19 heavy (non-hydrogen) atoms. The minimum absolute atomic E-state index is 0.568. The molecule has 0 unspecified atom stereocenters. The summed E-state index contributed by atoms with van der Waals surface area (Å²) in [5, 5.41) is 2.00. The van der Waals surface area contributed by atoms with Crippen molar-refractivity contribution in [3.05, 3.63) is 35.0 Å². The molecule has 3 rings (SSSR count). The normalized spacial score (nSPS) is 17.2. The molecule has 0 bridgehead atoms. The highest BCUT2D eigenvalue weighted by Crippen LogP contribution is 2.27. The number of rotatable bonds is 3. The maximum absolute atomic E-state index is 6.12. The number of hydrogen-bond acceptors (Lipinski definition) is 2. The van der Waals surface area contributed by atoms with E-state index in [1.54, 1.807) is 0 Å². The molecule has 0 amide bonds. The van der Waals surface area contributed by atoms with Crippen molar-refractivity contribution in [3.8, 4) is 0 Å². The number of ether oxygens (including phenoxy) is 1. The lowest BCUT2D eigenvalue weighted by Crippen LogP contribution is -2.20. The van der Waals surface area contributed by atoms with Crippen molar-refractivity contribution in [1.82, 2.24) is 4.57 Å². The van der Waals surface area contributed by atoms with Gasteiger partial charge in [-0.3, -0.25) is 0 Å². The molecular formula is C15H19ClN2O. The SMILES string of the molecule is NCc1cn(CC2CCOCC2)c2cc(Cl)ccc12. The summed E-state index contributed by atoms with van der Waals surface area (Å²) in [5.74, 6) is 0.689. The number of benzene rings is 1. The molecule has 0 spiro atoms. The van der Waals surface area contributed by atoms with Crippen LogP contribution in [0.25, 0.3) is 10.9 Å². The van der Waals surface area contributed by atoms with Gasteiger partial charge >= 0.3 is 0 Å². The highest BCUT2D eigenvalue weighted by Gasteiger charge is 2.16. The molecule has 4 heteroatoms. The first-order chi connectivity index (χ1) is 9.28. The Hall–Kier alpha value is -1.03. The van der Waals surface area contributed by atoms with E-state index in [1.165, 1.54) is 16.5 Å². The Balaban J connectivity index is 1.95. The van der Waals surface area contributed by atoms with E-state index in [2.05, 4.69) is 16.8 Å². The summed E-state index contributed by atoms with van der Waals surface area (Å²) < 4.78 is 7.72. The van der Waals surface area contributed by atoms with Crippen molar-refractivity contribution in [2.45, 2.75) is 25.9 Å². The van der Waals surface area contributed by atoms with E-state index >= 15 is 0 Å². The Labute approximate surface area is 118 Å². The second kappa shape index (κ2) is 5.53. The van der Waals surface area contributed by atoms with Crippen LogP contribution in [0.15, 0.2) is 24.4 Å². The van der Waals surface area contributed by atoms with E-state index in [-0.39, 0.29) is 0 Å². The molecule has 1 aromatic carbocycles. The summed E-state index contributed by atoms with van der Waals surface area (Å²) in [4.78, 5) is 0. The van der Waals surface area contributed by atoms with Crippen molar-refractivity contribution in [2.24, 2.45) is 11.7 Å². The van der Waals surface area contributed by atoms with Gasteiger partial charge < -0.3 is 15.0 Å². The van der Waals surface area contributed by atoms with Crippen molar-refractivity contribution < 1.29 is 4.74 Å². The summed E-state index contributed by atoms with van der Waals surface area (Å²) in [5.41, 5.74) is 8.22. The number of nitrogens with two attached hydrogens (primary N) is 1. The van der Waals surface area contributed by atoms with E-state index in [0.717, 1.165) is 37.6 Å². The van der Waals surface area contributed by atoms with Crippen LogP contribution >= 0.6 is 11.6 Å². The molecule has 0 atom stereocenters. The van der Waals surface area contributed by atoms with Crippen LogP contribution in [0, 0.1) is 5.92 Å². The maximum atomic E-state index is 6.12. The van der Waals surface area contributed by atoms with Crippen LogP contribution in [-0.2, 0) is 17.8 Å². The second-order valence-corrected chi connectivity index (χ2v) is 5.66. The van der Waals surface area contributed by atoms with Crippen LogP contribution in [0.3, 0.4) is 0 Å². The van der Waals surface area contributed by atoms with Gasteiger partial charge in [0.2, 0.25) is 0 Å². The minimum Gasteiger partial charge on any atom is -0.381 e. The molecule has 0 saturated carbocycles. The average Bonchev–Trinajstić information content (AvgIpc) is 2.77. The summed E-state index contributed by atoms with van der Waals surface area (Å²) >= 11 is 6.12. The lowest BCUT2D eigenvalue weighted by Gasteiger charge is -2.22. The van der Waals surface area contributed by atoms with Crippen molar-refractivity contribution in [3.63, 3.8) is 0 Å². The molecule has 0 aliphatic carbocycles. The van der Waals surface area contributed by atoms with Gasteiger partial charge in [0.25, 0.3) is 0 Å². The summed E-state index contributed by atoms with van der Waals surface area (Å²) in [6.07, 6.45) is 4.45. The lowest BCUT2D eigenvalue weighted by atomic mass is 10.0. The van der Waals surface area contributed by atoms with Crippen LogP contribution in [0.1, 0.15) is 18.4 Å². The molecule has 1 aliphatic rings. The van der Waals surface area contributed by atoms with Gasteiger partial charge in [-0.2, -0.15) is 0 Å². The first-order valence-corrected chi connectivity index (χ1v) is 7.21. The van der Waals surface area contributed by atoms with Gasteiger partial charge in [0.05, 0.1) is 0 Å². The topological polar surface area (TPSA) is 40.2 Å². The summed E-state index contributed by atoms with van der Waals surface area (Å²) in [6.45, 7) is 3.36. The molecule has 1 saturated heterocycles. The molecule has 1 aliphatic heterocycles. The van der Waals surface area contributed by atoms with Crippen LogP contribution in [0.2, 0.25) is 5.02 Å². The summed E-state index contributed by atoms with van der Waals surface area (Å²) in [6, 6.07) is 6.04. The third kappa shape index (κ3) is 2.64. The monoisotopic (exact) mass is 278 g/mol. The van der Waals surface area contributed by atoms with E-state index in [4.69, 9.17) is 22.1 Å². The fourth-order valence-corrected chi connectivity index (χ4v) is 3.03.